The van der Waals surface area contributed by atoms with Crippen LogP contribution in [0.5, 0.6) is 11.5 Å². The first-order chi connectivity index (χ1) is 8.79. The van der Waals surface area contributed by atoms with Crippen LogP contribution in [0.15, 0.2) is 18.2 Å². The fourth-order valence-corrected chi connectivity index (χ4v) is 1.16. The monoisotopic (exact) mass is 278 g/mol. The Kier molecular flexibility index (Phi) is 4.36. The Balaban J connectivity index is 2.92. The summed E-state index contributed by atoms with van der Waals surface area (Å²) in [5.41, 5.74) is -0.268. The van der Waals surface area contributed by atoms with Crippen LogP contribution < -0.4 is 9.47 Å². The van der Waals surface area contributed by atoms with Crippen molar-refractivity contribution in [1.82, 2.24) is 0 Å². The molecule has 0 aliphatic heterocycles. The number of benzene rings is 1. The Hall–Kier alpha value is -2.25. The maximum atomic E-state index is 11.9. The number of hydrogen-bond acceptors (Lipinski definition) is 5. The van der Waals surface area contributed by atoms with E-state index in [9.17, 15) is 22.8 Å². The first kappa shape index (κ1) is 14.8. The van der Waals surface area contributed by atoms with Gasteiger partial charge in [0, 0.05) is 0 Å². The van der Waals surface area contributed by atoms with Crippen molar-refractivity contribution in [3.63, 3.8) is 0 Å². The molecule has 19 heavy (non-hydrogen) atoms. The van der Waals surface area contributed by atoms with Crippen molar-refractivity contribution in [2.45, 2.75) is 6.18 Å². The first-order valence-electron chi connectivity index (χ1n) is 4.85. The highest BCUT2D eigenvalue weighted by atomic mass is 19.4. The molecule has 0 atom stereocenters. The quantitative estimate of drug-likeness (QED) is 0.624. The van der Waals surface area contributed by atoms with Gasteiger partial charge in [0.15, 0.2) is 11.5 Å². The van der Waals surface area contributed by atoms with Gasteiger partial charge < -0.3 is 14.2 Å². The van der Waals surface area contributed by atoms with Crippen LogP contribution in [0, 0.1) is 0 Å². The molecule has 0 amide bonds. The largest absolute Gasteiger partial charge is 0.493 e. The topological polar surface area (TPSA) is 61.8 Å². The molecule has 1 rings (SSSR count). The average Bonchev–Trinajstić information content (AvgIpc) is 2.36. The second kappa shape index (κ2) is 5.59. The van der Waals surface area contributed by atoms with Gasteiger partial charge >= 0.3 is 18.1 Å². The highest BCUT2D eigenvalue weighted by Crippen LogP contribution is 2.28. The summed E-state index contributed by atoms with van der Waals surface area (Å²) in [6.07, 6.45) is -5.23. The number of alkyl halides is 3. The number of carbonyl (C=O) groups is 2. The number of rotatable bonds is 3. The van der Waals surface area contributed by atoms with Crippen LogP contribution in [0.3, 0.4) is 0 Å². The predicted octanol–water partition coefficient (Wildman–Crippen LogP) is 1.95. The summed E-state index contributed by atoms with van der Waals surface area (Å²) in [7, 11) is 2.64. The molecule has 8 heteroatoms. The predicted molar refractivity (Wildman–Crippen MR) is 56.0 cm³/mol. The Morgan fingerprint density at radius 2 is 1.63 bits per heavy atom. The second-order valence-corrected chi connectivity index (χ2v) is 3.24. The number of halogens is 3. The smallest absolute Gasteiger partial charge is 0.491 e. The van der Waals surface area contributed by atoms with Crippen LogP contribution in [0.25, 0.3) is 0 Å². The van der Waals surface area contributed by atoms with Gasteiger partial charge in [0.2, 0.25) is 0 Å². The summed E-state index contributed by atoms with van der Waals surface area (Å²) in [6, 6.07) is 3.55. The molecule has 0 N–H and O–H groups in total. The third-order valence-electron chi connectivity index (χ3n) is 2.04. The fraction of sp³-hybridized carbons (Fsp3) is 0.273. The Labute approximate surface area is 105 Å². The fourth-order valence-electron chi connectivity index (χ4n) is 1.16. The van der Waals surface area contributed by atoms with Gasteiger partial charge in [-0.1, -0.05) is 0 Å². The van der Waals surface area contributed by atoms with Crippen molar-refractivity contribution in [3.8, 4) is 11.5 Å². The number of carbonyl (C=O) groups excluding carboxylic acids is 2. The van der Waals surface area contributed by atoms with Crippen molar-refractivity contribution in [2.75, 3.05) is 14.2 Å². The molecule has 0 aromatic heterocycles. The van der Waals surface area contributed by atoms with Gasteiger partial charge in [0.05, 0.1) is 19.8 Å². The number of esters is 2. The molecule has 0 fully saturated rings. The van der Waals surface area contributed by atoms with Crippen molar-refractivity contribution >= 4 is 11.9 Å². The summed E-state index contributed by atoms with van der Waals surface area (Å²) in [5.74, 6) is -3.60. The first-order valence-corrected chi connectivity index (χ1v) is 4.85. The summed E-state index contributed by atoms with van der Waals surface area (Å²) >= 11 is 0. The summed E-state index contributed by atoms with van der Waals surface area (Å²) in [6.45, 7) is 0. The van der Waals surface area contributed by atoms with Crippen LogP contribution in [0.2, 0.25) is 0 Å². The molecule has 0 aliphatic carbocycles. The highest BCUT2D eigenvalue weighted by Gasteiger charge is 2.42. The lowest BCUT2D eigenvalue weighted by Gasteiger charge is -2.09. The number of methoxy groups -OCH3 is 2. The average molecular weight is 278 g/mol. The van der Waals surface area contributed by atoms with Gasteiger partial charge in [-0.3, -0.25) is 0 Å². The van der Waals surface area contributed by atoms with E-state index in [1.54, 1.807) is 0 Å². The third-order valence-corrected chi connectivity index (χ3v) is 2.04. The molecular weight excluding hydrogens is 269 g/mol. The van der Waals surface area contributed by atoms with E-state index in [0.29, 0.717) is 0 Å². The molecule has 0 saturated heterocycles. The van der Waals surface area contributed by atoms with Crippen LogP contribution in [0.1, 0.15) is 10.4 Å². The van der Waals surface area contributed by atoms with E-state index in [1.165, 1.54) is 20.3 Å². The van der Waals surface area contributed by atoms with E-state index in [4.69, 9.17) is 9.47 Å². The normalized spacial score (nSPS) is 10.8. The van der Waals surface area contributed by atoms with Crippen molar-refractivity contribution in [1.29, 1.82) is 0 Å². The minimum atomic E-state index is -5.23. The van der Waals surface area contributed by atoms with Crippen molar-refractivity contribution < 1.29 is 37.0 Å². The van der Waals surface area contributed by atoms with Crippen LogP contribution >= 0.6 is 0 Å². The van der Waals surface area contributed by atoms with Gasteiger partial charge in [-0.05, 0) is 18.2 Å². The van der Waals surface area contributed by atoms with Crippen LogP contribution in [-0.4, -0.2) is 32.3 Å². The summed E-state index contributed by atoms with van der Waals surface area (Å²) in [5, 5.41) is 0. The van der Waals surface area contributed by atoms with E-state index < -0.39 is 18.1 Å². The SMILES string of the molecule is COc1ccc(C(=O)OC(=O)C(F)(F)F)cc1OC. The van der Waals surface area contributed by atoms with E-state index >= 15 is 0 Å². The maximum Gasteiger partial charge on any atom is 0.491 e. The molecule has 1 aromatic carbocycles. The van der Waals surface area contributed by atoms with E-state index in [0.717, 1.165) is 12.1 Å². The summed E-state index contributed by atoms with van der Waals surface area (Å²) < 4.78 is 49.2. The lowest BCUT2D eigenvalue weighted by atomic mass is 10.2. The minimum absolute atomic E-state index is 0.122. The number of ether oxygens (including phenoxy) is 3. The Morgan fingerprint density at radius 3 is 2.11 bits per heavy atom. The second-order valence-electron chi connectivity index (χ2n) is 3.24. The number of hydrogen-bond donors (Lipinski definition) is 0. The van der Waals surface area contributed by atoms with Crippen LogP contribution in [0.4, 0.5) is 13.2 Å². The molecular formula is C11H9F3O5. The Bertz CT molecular complexity index is 496. The van der Waals surface area contributed by atoms with Crippen molar-refractivity contribution in [3.05, 3.63) is 23.8 Å². The molecule has 0 aliphatic rings. The molecule has 0 bridgehead atoms. The molecule has 0 heterocycles. The zero-order chi connectivity index (χ0) is 14.6. The molecule has 104 valence electrons. The van der Waals surface area contributed by atoms with E-state index in [1.807, 2.05) is 0 Å². The maximum absolute atomic E-state index is 11.9. The van der Waals surface area contributed by atoms with Gasteiger partial charge in [-0.2, -0.15) is 13.2 Å². The van der Waals surface area contributed by atoms with Gasteiger partial charge in [0.1, 0.15) is 0 Å². The van der Waals surface area contributed by atoms with E-state index in [2.05, 4.69) is 4.74 Å². The zero-order valence-corrected chi connectivity index (χ0v) is 9.91. The summed E-state index contributed by atoms with van der Waals surface area (Å²) in [4.78, 5) is 21.8. The molecule has 1 aromatic rings. The zero-order valence-electron chi connectivity index (χ0n) is 9.91. The Morgan fingerprint density at radius 1 is 1.05 bits per heavy atom. The molecule has 0 radical (unpaired) electrons. The lowest BCUT2D eigenvalue weighted by Crippen LogP contribution is -2.28. The van der Waals surface area contributed by atoms with Gasteiger partial charge in [-0.15, -0.1) is 0 Å². The van der Waals surface area contributed by atoms with Crippen LogP contribution in [-0.2, 0) is 9.53 Å². The minimum Gasteiger partial charge on any atom is -0.493 e. The lowest BCUT2D eigenvalue weighted by molar-refractivity contribution is -0.193. The highest BCUT2D eigenvalue weighted by molar-refractivity contribution is 5.98. The van der Waals surface area contributed by atoms with Gasteiger partial charge in [0.25, 0.3) is 0 Å². The molecule has 0 spiro atoms. The molecule has 0 unspecified atom stereocenters. The molecule has 0 saturated carbocycles. The van der Waals surface area contributed by atoms with E-state index in [-0.39, 0.29) is 17.1 Å². The third kappa shape index (κ3) is 3.60. The van der Waals surface area contributed by atoms with Gasteiger partial charge in [-0.25, -0.2) is 9.59 Å². The molecule has 5 nitrogen and oxygen atoms in total. The van der Waals surface area contributed by atoms with Crippen molar-refractivity contribution in [2.24, 2.45) is 0 Å². The standard InChI is InChI=1S/C11H9F3O5/c1-17-7-4-3-6(5-8(7)18-2)9(15)19-10(16)11(12,13)14/h3-5H,1-2H3.